The van der Waals surface area contributed by atoms with Gasteiger partial charge in [0.15, 0.2) is 0 Å². The summed E-state index contributed by atoms with van der Waals surface area (Å²) in [6.45, 7) is 5.91. The summed E-state index contributed by atoms with van der Waals surface area (Å²) < 4.78 is 0. The average molecular weight is 278 g/mol. The Hall–Kier alpha value is -0.350. The molecule has 1 saturated heterocycles. The standard InChI is InChI=1S/C12H19N3.2ClH/c1-3-12(11-14-5-1)4-2-8-15-9-6-13-7-10-15;;/h1,3,5,11,13H,2,4,6-10H2;2*1H. The fourth-order valence-electron chi connectivity index (χ4n) is 1.99. The van der Waals surface area contributed by atoms with Crippen LogP contribution in [0.15, 0.2) is 24.5 Å². The number of aryl methyl sites for hydroxylation is 1. The summed E-state index contributed by atoms with van der Waals surface area (Å²) in [5, 5.41) is 3.37. The molecule has 1 aliphatic rings. The van der Waals surface area contributed by atoms with Crippen molar-refractivity contribution in [3.05, 3.63) is 30.1 Å². The van der Waals surface area contributed by atoms with Crippen LogP contribution in [-0.4, -0.2) is 42.6 Å². The monoisotopic (exact) mass is 277 g/mol. The van der Waals surface area contributed by atoms with Crippen LogP contribution in [0.25, 0.3) is 0 Å². The number of nitrogens with zero attached hydrogens (tertiary/aromatic N) is 2. The average Bonchev–Trinajstić information content (AvgIpc) is 2.32. The predicted octanol–water partition coefficient (Wildman–Crippen LogP) is 1.76. The molecule has 0 atom stereocenters. The molecule has 1 fully saturated rings. The van der Waals surface area contributed by atoms with Gasteiger partial charge in [-0.3, -0.25) is 4.98 Å². The normalized spacial score (nSPS) is 15.8. The lowest BCUT2D eigenvalue weighted by Gasteiger charge is -2.26. The largest absolute Gasteiger partial charge is 0.314 e. The molecule has 0 spiro atoms. The first-order valence-electron chi connectivity index (χ1n) is 5.77. The van der Waals surface area contributed by atoms with Gasteiger partial charge < -0.3 is 10.2 Å². The molecule has 0 aliphatic carbocycles. The lowest BCUT2D eigenvalue weighted by Crippen LogP contribution is -2.43. The number of pyridine rings is 1. The van der Waals surface area contributed by atoms with E-state index in [2.05, 4.69) is 21.3 Å². The fourth-order valence-corrected chi connectivity index (χ4v) is 1.99. The van der Waals surface area contributed by atoms with Crippen LogP contribution >= 0.6 is 24.8 Å². The van der Waals surface area contributed by atoms with Crippen molar-refractivity contribution < 1.29 is 0 Å². The SMILES string of the molecule is Cl.Cl.c1cncc(CCCN2CCNCC2)c1. The first-order chi connectivity index (χ1) is 7.45. The van der Waals surface area contributed by atoms with Crippen molar-refractivity contribution in [3.8, 4) is 0 Å². The Balaban J connectivity index is 0.00000128. The molecule has 5 heteroatoms. The van der Waals surface area contributed by atoms with Crippen molar-refractivity contribution in [2.24, 2.45) is 0 Å². The number of nitrogens with one attached hydrogen (secondary N) is 1. The van der Waals surface area contributed by atoms with Crippen molar-refractivity contribution >= 4 is 24.8 Å². The molecular weight excluding hydrogens is 257 g/mol. The Bertz CT molecular complexity index is 276. The second-order valence-electron chi connectivity index (χ2n) is 4.06. The zero-order valence-electron chi connectivity index (χ0n) is 9.97. The maximum absolute atomic E-state index is 4.13. The third kappa shape index (κ3) is 6.22. The van der Waals surface area contributed by atoms with Crippen molar-refractivity contribution in [3.63, 3.8) is 0 Å². The first-order valence-corrected chi connectivity index (χ1v) is 5.77. The second kappa shape index (κ2) is 9.66. The maximum Gasteiger partial charge on any atom is 0.0299 e. The van der Waals surface area contributed by atoms with Gasteiger partial charge >= 0.3 is 0 Å². The number of hydrogen-bond donors (Lipinski definition) is 1. The molecule has 3 nitrogen and oxygen atoms in total. The van der Waals surface area contributed by atoms with Crippen LogP contribution in [0, 0.1) is 0 Å². The zero-order chi connectivity index (χ0) is 10.3. The minimum atomic E-state index is 0. The Morgan fingerprint density at radius 1 is 1.24 bits per heavy atom. The quantitative estimate of drug-likeness (QED) is 0.909. The number of rotatable bonds is 4. The second-order valence-corrected chi connectivity index (χ2v) is 4.06. The Morgan fingerprint density at radius 2 is 2.00 bits per heavy atom. The lowest BCUT2D eigenvalue weighted by molar-refractivity contribution is 0.238. The van der Waals surface area contributed by atoms with E-state index in [-0.39, 0.29) is 24.8 Å². The van der Waals surface area contributed by atoms with Gasteiger partial charge in [0, 0.05) is 38.6 Å². The number of halogens is 2. The van der Waals surface area contributed by atoms with Gasteiger partial charge in [-0.05, 0) is 31.0 Å². The van der Waals surface area contributed by atoms with Crippen LogP contribution in [0.4, 0.5) is 0 Å². The molecule has 0 saturated carbocycles. The lowest BCUT2D eigenvalue weighted by atomic mass is 10.1. The molecule has 0 unspecified atom stereocenters. The highest BCUT2D eigenvalue weighted by Gasteiger charge is 2.08. The molecule has 2 rings (SSSR count). The van der Waals surface area contributed by atoms with Crippen LogP contribution < -0.4 is 5.32 Å². The summed E-state index contributed by atoms with van der Waals surface area (Å²) >= 11 is 0. The first kappa shape index (κ1) is 16.6. The molecule has 0 radical (unpaired) electrons. The molecule has 0 aromatic carbocycles. The highest BCUT2D eigenvalue weighted by atomic mass is 35.5. The molecule has 1 N–H and O–H groups in total. The van der Waals surface area contributed by atoms with E-state index in [1.165, 1.54) is 31.6 Å². The summed E-state index contributed by atoms with van der Waals surface area (Å²) in [4.78, 5) is 6.66. The van der Waals surface area contributed by atoms with Crippen molar-refractivity contribution in [2.45, 2.75) is 12.8 Å². The third-order valence-corrected chi connectivity index (χ3v) is 2.87. The topological polar surface area (TPSA) is 28.2 Å². The van der Waals surface area contributed by atoms with Crippen LogP contribution in [-0.2, 0) is 6.42 Å². The molecular formula is C12H21Cl2N3. The number of hydrogen-bond acceptors (Lipinski definition) is 3. The predicted molar refractivity (Wildman–Crippen MR) is 76.4 cm³/mol. The van der Waals surface area contributed by atoms with Crippen molar-refractivity contribution in [1.29, 1.82) is 0 Å². The smallest absolute Gasteiger partial charge is 0.0299 e. The molecule has 98 valence electrons. The van der Waals surface area contributed by atoms with Gasteiger partial charge in [0.25, 0.3) is 0 Å². The van der Waals surface area contributed by atoms with E-state index < -0.39 is 0 Å². The van der Waals surface area contributed by atoms with Gasteiger partial charge in [-0.25, -0.2) is 0 Å². The summed E-state index contributed by atoms with van der Waals surface area (Å²) in [5.41, 5.74) is 1.35. The molecule has 1 aromatic heterocycles. The zero-order valence-corrected chi connectivity index (χ0v) is 11.6. The van der Waals surface area contributed by atoms with Gasteiger partial charge in [-0.15, -0.1) is 24.8 Å². The van der Waals surface area contributed by atoms with Gasteiger partial charge in [-0.2, -0.15) is 0 Å². The van der Waals surface area contributed by atoms with Crippen LogP contribution in [0.2, 0.25) is 0 Å². The summed E-state index contributed by atoms with van der Waals surface area (Å²) in [7, 11) is 0. The van der Waals surface area contributed by atoms with E-state index in [4.69, 9.17) is 0 Å². The summed E-state index contributed by atoms with van der Waals surface area (Å²) in [5.74, 6) is 0. The molecule has 2 heterocycles. The summed E-state index contributed by atoms with van der Waals surface area (Å²) in [6.07, 6.45) is 6.20. The van der Waals surface area contributed by atoms with Gasteiger partial charge in [-0.1, -0.05) is 6.07 Å². The minimum Gasteiger partial charge on any atom is -0.314 e. The fraction of sp³-hybridized carbons (Fsp3) is 0.583. The van der Waals surface area contributed by atoms with E-state index in [1.807, 2.05) is 18.5 Å². The van der Waals surface area contributed by atoms with E-state index in [0.29, 0.717) is 0 Å². The van der Waals surface area contributed by atoms with E-state index in [1.54, 1.807) is 0 Å². The molecule has 1 aliphatic heterocycles. The van der Waals surface area contributed by atoms with Gasteiger partial charge in [0.2, 0.25) is 0 Å². The van der Waals surface area contributed by atoms with Crippen molar-refractivity contribution in [1.82, 2.24) is 15.2 Å². The van der Waals surface area contributed by atoms with Crippen molar-refractivity contribution in [2.75, 3.05) is 32.7 Å². The molecule has 0 amide bonds. The molecule has 0 bridgehead atoms. The van der Waals surface area contributed by atoms with Gasteiger partial charge in [0.1, 0.15) is 0 Å². The van der Waals surface area contributed by atoms with Crippen LogP contribution in [0.1, 0.15) is 12.0 Å². The Morgan fingerprint density at radius 3 is 2.65 bits per heavy atom. The highest BCUT2D eigenvalue weighted by molar-refractivity contribution is 5.85. The molecule has 17 heavy (non-hydrogen) atoms. The van der Waals surface area contributed by atoms with Crippen LogP contribution in [0.5, 0.6) is 0 Å². The summed E-state index contributed by atoms with van der Waals surface area (Å²) in [6, 6.07) is 4.17. The van der Waals surface area contributed by atoms with E-state index in [9.17, 15) is 0 Å². The molecule has 1 aromatic rings. The van der Waals surface area contributed by atoms with Crippen LogP contribution in [0.3, 0.4) is 0 Å². The van der Waals surface area contributed by atoms with Gasteiger partial charge in [0.05, 0.1) is 0 Å². The maximum atomic E-state index is 4.13. The minimum absolute atomic E-state index is 0. The highest BCUT2D eigenvalue weighted by Crippen LogP contribution is 2.02. The Kier molecular flexibility index (Phi) is 9.46. The third-order valence-electron chi connectivity index (χ3n) is 2.87. The Labute approximate surface area is 116 Å². The van der Waals surface area contributed by atoms with E-state index in [0.717, 1.165) is 19.5 Å². The number of piperazine rings is 1. The van der Waals surface area contributed by atoms with E-state index >= 15 is 0 Å². The number of aromatic nitrogens is 1.